The van der Waals surface area contributed by atoms with Crippen LogP contribution < -0.4 is 4.90 Å². The molecule has 0 spiro atoms. The highest BCUT2D eigenvalue weighted by Crippen LogP contribution is 2.23. The smallest absolute Gasteiger partial charge is 0.283 e. The molecule has 0 aromatic heterocycles. The van der Waals surface area contributed by atoms with Gasteiger partial charge in [-0.2, -0.15) is 8.42 Å². The number of rotatable bonds is 3. The summed E-state index contributed by atoms with van der Waals surface area (Å²) in [5, 5.41) is 0. The van der Waals surface area contributed by atoms with Gasteiger partial charge in [-0.05, 0) is 37.6 Å². The Morgan fingerprint density at radius 1 is 1.00 bits per heavy atom. The molecule has 22 heavy (non-hydrogen) atoms. The molecule has 114 valence electrons. The molecule has 1 aliphatic heterocycles. The van der Waals surface area contributed by atoms with E-state index in [0.717, 1.165) is 24.2 Å². The summed E-state index contributed by atoms with van der Waals surface area (Å²) in [7, 11) is -3.66. The van der Waals surface area contributed by atoms with Crippen molar-refractivity contribution >= 4 is 21.5 Å². The van der Waals surface area contributed by atoms with Gasteiger partial charge in [-0.15, -0.1) is 4.40 Å². The largest absolute Gasteiger partial charge is 0.329 e. The van der Waals surface area contributed by atoms with E-state index in [0.29, 0.717) is 12.3 Å². The second kappa shape index (κ2) is 5.93. The van der Waals surface area contributed by atoms with Crippen molar-refractivity contribution in [1.29, 1.82) is 0 Å². The van der Waals surface area contributed by atoms with Crippen molar-refractivity contribution in [3.05, 3.63) is 60.2 Å². The Morgan fingerprint density at radius 2 is 1.68 bits per heavy atom. The van der Waals surface area contributed by atoms with Crippen molar-refractivity contribution in [3.63, 3.8) is 0 Å². The van der Waals surface area contributed by atoms with Crippen LogP contribution in [-0.2, 0) is 10.0 Å². The van der Waals surface area contributed by atoms with Gasteiger partial charge in [0, 0.05) is 18.7 Å². The van der Waals surface area contributed by atoms with Crippen molar-refractivity contribution < 1.29 is 8.42 Å². The predicted molar refractivity (Wildman–Crippen MR) is 88.8 cm³/mol. The van der Waals surface area contributed by atoms with E-state index in [-0.39, 0.29) is 4.90 Å². The Kier molecular flexibility index (Phi) is 3.98. The predicted octanol–water partition coefficient (Wildman–Crippen LogP) is 3.38. The molecular formula is C17H18N2O2S. The van der Waals surface area contributed by atoms with Crippen molar-refractivity contribution in [2.24, 2.45) is 4.40 Å². The van der Waals surface area contributed by atoms with Crippen LogP contribution in [-0.4, -0.2) is 20.8 Å². The van der Waals surface area contributed by atoms with Gasteiger partial charge in [-0.1, -0.05) is 35.9 Å². The molecule has 4 nitrogen and oxygen atoms in total. The minimum absolute atomic E-state index is 0.241. The standard InChI is InChI=1S/C17H18N2O2S/c1-14-9-11-16(12-10-14)22(20,21)18-17-8-5-13-19(17)15-6-3-2-4-7-15/h2-4,6-7,9-12H,5,8,13H2,1H3/b18-17+. The molecule has 0 unspecified atom stereocenters. The van der Waals surface area contributed by atoms with Crippen LogP contribution in [0.4, 0.5) is 5.69 Å². The van der Waals surface area contributed by atoms with Crippen molar-refractivity contribution in [1.82, 2.24) is 0 Å². The number of hydrogen-bond donors (Lipinski definition) is 0. The highest BCUT2D eigenvalue weighted by atomic mass is 32.2. The first-order chi connectivity index (χ1) is 10.6. The van der Waals surface area contributed by atoms with Gasteiger partial charge in [0.05, 0.1) is 4.90 Å². The fourth-order valence-corrected chi connectivity index (χ4v) is 3.59. The molecule has 2 aromatic carbocycles. The summed E-state index contributed by atoms with van der Waals surface area (Å²) in [6.07, 6.45) is 1.59. The fraction of sp³-hybridized carbons (Fsp3) is 0.235. The molecule has 5 heteroatoms. The lowest BCUT2D eigenvalue weighted by molar-refractivity contribution is 0.598. The summed E-state index contributed by atoms with van der Waals surface area (Å²) >= 11 is 0. The van der Waals surface area contributed by atoms with E-state index in [9.17, 15) is 8.42 Å². The summed E-state index contributed by atoms with van der Waals surface area (Å²) in [4.78, 5) is 2.22. The Bertz CT molecular complexity index is 781. The fourth-order valence-electron chi connectivity index (χ4n) is 2.54. The first-order valence-electron chi connectivity index (χ1n) is 7.29. The minimum atomic E-state index is -3.66. The zero-order valence-electron chi connectivity index (χ0n) is 12.4. The van der Waals surface area contributed by atoms with Crippen molar-refractivity contribution in [3.8, 4) is 0 Å². The zero-order chi connectivity index (χ0) is 15.6. The van der Waals surface area contributed by atoms with Crippen molar-refractivity contribution in [2.75, 3.05) is 11.4 Å². The molecule has 0 amide bonds. The van der Waals surface area contributed by atoms with Crippen LogP contribution in [0.5, 0.6) is 0 Å². The van der Waals surface area contributed by atoms with E-state index in [1.54, 1.807) is 24.3 Å². The number of benzene rings is 2. The number of hydrogen-bond acceptors (Lipinski definition) is 2. The van der Waals surface area contributed by atoms with Gasteiger partial charge in [-0.25, -0.2) is 0 Å². The van der Waals surface area contributed by atoms with Crippen LogP contribution in [0.15, 0.2) is 63.9 Å². The maximum absolute atomic E-state index is 12.5. The number of anilines is 1. The minimum Gasteiger partial charge on any atom is -0.329 e. The molecule has 3 rings (SSSR count). The molecule has 0 N–H and O–H groups in total. The highest BCUT2D eigenvalue weighted by Gasteiger charge is 2.23. The molecule has 0 aliphatic carbocycles. The van der Waals surface area contributed by atoms with Gasteiger partial charge in [0.1, 0.15) is 5.84 Å². The van der Waals surface area contributed by atoms with Crippen LogP contribution in [0.25, 0.3) is 0 Å². The Morgan fingerprint density at radius 3 is 2.36 bits per heavy atom. The average molecular weight is 314 g/mol. The molecule has 0 atom stereocenters. The third kappa shape index (κ3) is 3.04. The number of sulfonamides is 1. The Hall–Kier alpha value is -2.14. The first kappa shape index (κ1) is 14.8. The lowest BCUT2D eigenvalue weighted by Gasteiger charge is -2.18. The van der Waals surface area contributed by atoms with E-state index in [2.05, 4.69) is 4.40 Å². The van der Waals surface area contributed by atoms with Crippen LogP contribution in [0, 0.1) is 6.92 Å². The number of amidine groups is 1. The van der Waals surface area contributed by atoms with Crippen LogP contribution in [0.2, 0.25) is 0 Å². The third-order valence-electron chi connectivity index (χ3n) is 3.71. The van der Waals surface area contributed by atoms with E-state index >= 15 is 0 Å². The summed E-state index contributed by atoms with van der Waals surface area (Å²) in [5.74, 6) is 0.617. The molecule has 0 saturated carbocycles. The number of nitrogens with zero attached hydrogens (tertiary/aromatic N) is 2. The lowest BCUT2D eigenvalue weighted by Crippen LogP contribution is -2.25. The van der Waals surface area contributed by atoms with Crippen LogP contribution in [0.3, 0.4) is 0 Å². The van der Waals surface area contributed by atoms with E-state index in [1.807, 2.05) is 42.2 Å². The highest BCUT2D eigenvalue weighted by molar-refractivity contribution is 7.90. The van der Waals surface area contributed by atoms with Gasteiger partial charge >= 0.3 is 0 Å². The van der Waals surface area contributed by atoms with Gasteiger partial charge in [0.25, 0.3) is 10.0 Å². The molecular weight excluding hydrogens is 296 g/mol. The van der Waals surface area contributed by atoms with Gasteiger partial charge in [0.15, 0.2) is 0 Å². The van der Waals surface area contributed by atoms with Gasteiger partial charge in [0.2, 0.25) is 0 Å². The molecule has 1 aliphatic rings. The van der Waals surface area contributed by atoms with Crippen LogP contribution >= 0.6 is 0 Å². The van der Waals surface area contributed by atoms with E-state index in [4.69, 9.17) is 0 Å². The summed E-state index contributed by atoms with van der Waals surface area (Å²) in [6.45, 7) is 2.72. The molecule has 1 heterocycles. The number of aryl methyl sites for hydroxylation is 1. The first-order valence-corrected chi connectivity index (χ1v) is 8.73. The molecule has 1 fully saturated rings. The van der Waals surface area contributed by atoms with E-state index in [1.165, 1.54) is 0 Å². The number of para-hydroxylation sites is 1. The topological polar surface area (TPSA) is 49.7 Å². The summed E-state index contributed by atoms with van der Waals surface area (Å²) in [6, 6.07) is 16.6. The second-order valence-corrected chi connectivity index (χ2v) is 6.99. The summed E-state index contributed by atoms with van der Waals surface area (Å²) in [5.41, 5.74) is 2.01. The molecule has 1 saturated heterocycles. The Labute approximate surface area is 131 Å². The maximum atomic E-state index is 12.5. The normalized spacial score (nSPS) is 17.1. The quantitative estimate of drug-likeness (QED) is 0.872. The molecule has 2 aromatic rings. The second-order valence-electron chi connectivity index (χ2n) is 5.39. The average Bonchev–Trinajstić information content (AvgIpc) is 2.96. The van der Waals surface area contributed by atoms with Crippen LogP contribution in [0.1, 0.15) is 18.4 Å². The van der Waals surface area contributed by atoms with E-state index < -0.39 is 10.0 Å². The monoisotopic (exact) mass is 314 g/mol. The summed E-state index contributed by atoms with van der Waals surface area (Å²) < 4.78 is 29.0. The zero-order valence-corrected chi connectivity index (χ0v) is 13.3. The molecule has 0 bridgehead atoms. The van der Waals surface area contributed by atoms with Gasteiger partial charge in [-0.3, -0.25) is 0 Å². The van der Waals surface area contributed by atoms with Crippen molar-refractivity contribution in [2.45, 2.75) is 24.7 Å². The Balaban J connectivity index is 1.94. The maximum Gasteiger partial charge on any atom is 0.283 e. The lowest BCUT2D eigenvalue weighted by atomic mass is 10.2. The SMILES string of the molecule is Cc1ccc(S(=O)(=O)/N=C2\CCCN2c2ccccc2)cc1. The van der Waals surface area contributed by atoms with Gasteiger partial charge < -0.3 is 4.90 Å². The molecule has 0 radical (unpaired) electrons. The third-order valence-corrected chi connectivity index (χ3v) is 5.02.